The molecule has 0 fully saturated rings. The second-order valence-electron chi connectivity index (χ2n) is 6.02. The minimum atomic E-state index is -3.59. The molecule has 0 radical (unpaired) electrons. The van der Waals surface area contributed by atoms with Crippen LogP contribution in [0.25, 0.3) is 0 Å². The Hall–Kier alpha value is -1.98. The monoisotopic (exact) mass is 345 g/mol. The molecule has 0 aliphatic rings. The first-order chi connectivity index (χ1) is 11.3. The molecule has 24 heavy (non-hydrogen) atoms. The number of Topliss-reactive ketones (excluding diaryl/α,β-unsaturated/α-hetero) is 1. The molecule has 2 rings (SSSR count). The number of carbonyl (C=O) groups is 1. The van der Waals surface area contributed by atoms with E-state index < -0.39 is 10.0 Å². The fraction of sp³-hybridized carbons (Fsp3) is 0.316. The van der Waals surface area contributed by atoms with Crippen molar-refractivity contribution in [1.82, 2.24) is 4.72 Å². The molecule has 0 bridgehead atoms. The Morgan fingerprint density at radius 3 is 2.50 bits per heavy atom. The molecule has 128 valence electrons. The Kier molecular flexibility index (Phi) is 5.91. The van der Waals surface area contributed by atoms with Gasteiger partial charge in [0.05, 0.1) is 4.90 Å². The summed E-state index contributed by atoms with van der Waals surface area (Å²) in [5.74, 6) is -0.151. The second kappa shape index (κ2) is 7.73. The van der Waals surface area contributed by atoms with Gasteiger partial charge in [0.1, 0.15) is 0 Å². The van der Waals surface area contributed by atoms with Crippen molar-refractivity contribution in [2.24, 2.45) is 0 Å². The first-order valence-electron chi connectivity index (χ1n) is 7.96. The summed E-state index contributed by atoms with van der Waals surface area (Å²) in [6, 6.07) is 12.4. The molecular weight excluding hydrogens is 322 g/mol. The topological polar surface area (TPSA) is 63.2 Å². The van der Waals surface area contributed by atoms with E-state index in [2.05, 4.69) is 36.8 Å². The summed E-state index contributed by atoms with van der Waals surface area (Å²) < 4.78 is 27.2. The van der Waals surface area contributed by atoms with Gasteiger partial charge in [-0.3, -0.25) is 4.79 Å². The van der Waals surface area contributed by atoms with Crippen LogP contribution in [0.4, 0.5) is 0 Å². The number of sulfonamides is 1. The predicted octanol–water partition coefficient (Wildman–Crippen LogP) is 3.42. The van der Waals surface area contributed by atoms with Gasteiger partial charge in [-0.05, 0) is 56.9 Å². The third kappa shape index (κ3) is 4.76. The lowest BCUT2D eigenvalue weighted by atomic mass is 10.0. The first kappa shape index (κ1) is 18.4. The van der Waals surface area contributed by atoms with Crippen LogP contribution in [0, 0.1) is 13.8 Å². The van der Waals surface area contributed by atoms with E-state index in [1.807, 2.05) is 0 Å². The highest BCUT2D eigenvalue weighted by molar-refractivity contribution is 7.89. The molecule has 0 aliphatic heterocycles. The van der Waals surface area contributed by atoms with Crippen LogP contribution in [0.1, 0.15) is 40.4 Å². The molecule has 0 saturated carbocycles. The first-order valence-corrected chi connectivity index (χ1v) is 9.45. The van der Waals surface area contributed by atoms with Gasteiger partial charge in [0.2, 0.25) is 10.0 Å². The van der Waals surface area contributed by atoms with E-state index in [-0.39, 0.29) is 10.7 Å². The van der Waals surface area contributed by atoms with Gasteiger partial charge in [0.25, 0.3) is 0 Å². The zero-order chi connectivity index (χ0) is 17.7. The van der Waals surface area contributed by atoms with E-state index in [1.54, 1.807) is 12.1 Å². The van der Waals surface area contributed by atoms with Crippen LogP contribution in [0.15, 0.2) is 47.4 Å². The highest BCUT2D eigenvalue weighted by Crippen LogP contribution is 2.14. The van der Waals surface area contributed by atoms with Crippen LogP contribution in [-0.4, -0.2) is 20.7 Å². The summed E-state index contributed by atoms with van der Waals surface area (Å²) in [6.07, 6.45) is 1.54. The Morgan fingerprint density at radius 1 is 1.08 bits per heavy atom. The minimum Gasteiger partial charge on any atom is -0.295 e. The van der Waals surface area contributed by atoms with Crippen molar-refractivity contribution < 1.29 is 13.2 Å². The van der Waals surface area contributed by atoms with Gasteiger partial charge in [-0.2, -0.15) is 0 Å². The van der Waals surface area contributed by atoms with E-state index in [4.69, 9.17) is 0 Å². The maximum Gasteiger partial charge on any atom is 0.240 e. The summed E-state index contributed by atoms with van der Waals surface area (Å²) in [6.45, 7) is 5.91. The number of ketones is 1. The number of aryl methyl sites for hydroxylation is 3. The summed E-state index contributed by atoms with van der Waals surface area (Å²) >= 11 is 0. The normalized spacial score (nSPS) is 11.5. The third-order valence-corrected chi connectivity index (χ3v) is 5.42. The molecule has 0 unspecified atom stereocenters. The number of rotatable bonds is 7. The molecular formula is C19H23NO3S. The van der Waals surface area contributed by atoms with Crippen LogP contribution < -0.4 is 4.72 Å². The lowest BCUT2D eigenvalue weighted by molar-refractivity contribution is 0.101. The van der Waals surface area contributed by atoms with Gasteiger partial charge >= 0.3 is 0 Å². The SMILES string of the molecule is CC(=O)c1cccc(S(=O)(=O)NCCCc2ccc(C)cc2C)c1. The quantitative estimate of drug-likeness (QED) is 0.618. The van der Waals surface area contributed by atoms with Gasteiger partial charge in [0.15, 0.2) is 5.78 Å². The van der Waals surface area contributed by atoms with Crippen LogP contribution in [-0.2, 0) is 16.4 Å². The van der Waals surface area contributed by atoms with E-state index in [1.165, 1.54) is 35.7 Å². The minimum absolute atomic E-state index is 0.127. The van der Waals surface area contributed by atoms with Crippen LogP contribution in [0.5, 0.6) is 0 Å². The van der Waals surface area contributed by atoms with Gasteiger partial charge in [-0.15, -0.1) is 0 Å². The average Bonchev–Trinajstić information content (AvgIpc) is 2.53. The third-order valence-electron chi connectivity index (χ3n) is 3.96. The van der Waals surface area contributed by atoms with E-state index >= 15 is 0 Å². The molecule has 0 aliphatic carbocycles. The molecule has 5 heteroatoms. The number of benzene rings is 2. The van der Waals surface area contributed by atoms with Crippen molar-refractivity contribution in [3.05, 3.63) is 64.7 Å². The predicted molar refractivity (Wildman–Crippen MR) is 95.9 cm³/mol. The highest BCUT2D eigenvalue weighted by atomic mass is 32.2. The maximum absolute atomic E-state index is 12.3. The molecule has 0 amide bonds. The molecule has 0 saturated heterocycles. The smallest absolute Gasteiger partial charge is 0.240 e. The standard InChI is InChI=1S/C19H23NO3S/c1-14-9-10-17(15(2)12-14)7-5-11-20-24(22,23)19-8-4-6-18(13-19)16(3)21/h4,6,8-10,12-13,20H,5,7,11H2,1-3H3. The molecule has 0 aromatic heterocycles. The zero-order valence-corrected chi connectivity index (χ0v) is 15.1. The Bertz CT molecular complexity index is 841. The van der Waals surface area contributed by atoms with Crippen LogP contribution in [0.3, 0.4) is 0 Å². The number of nitrogens with one attached hydrogen (secondary N) is 1. The van der Waals surface area contributed by atoms with Crippen molar-refractivity contribution in [3.63, 3.8) is 0 Å². The van der Waals surface area contributed by atoms with E-state index in [9.17, 15) is 13.2 Å². The summed E-state index contributed by atoms with van der Waals surface area (Å²) in [4.78, 5) is 11.5. The van der Waals surface area contributed by atoms with Gasteiger partial charge in [-0.1, -0.05) is 35.9 Å². The maximum atomic E-state index is 12.3. The highest BCUT2D eigenvalue weighted by Gasteiger charge is 2.14. The summed E-state index contributed by atoms with van der Waals surface area (Å²) in [7, 11) is -3.59. The molecule has 0 atom stereocenters. The van der Waals surface area contributed by atoms with Gasteiger partial charge < -0.3 is 0 Å². The molecule has 0 spiro atoms. The molecule has 2 aromatic rings. The molecule has 0 heterocycles. The van der Waals surface area contributed by atoms with Crippen molar-refractivity contribution >= 4 is 15.8 Å². The summed E-state index contributed by atoms with van der Waals surface area (Å²) in [5.41, 5.74) is 4.08. The lowest BCUT2D eigenvalue weighted by Crippen LogP contribution is -2.25. The number of hydrogen-bond acceptors (Lipinski definition) is 3. The molecule has 1 N–H and O–H groups in total. The van der Waals surface area contributed by atoms with Crippen molar-refractivity contribution in [2.45, 2.75) is 38.5 Å². The summed E-state index contributed by atoms with van der Waals surface area (Å²) in [5, 5.41) is 0. The Labute approximate surface area is 144 Å². The van der Waals surface area contributed by atoms with Crippen LogP contribution in [0.2, 0.25) is 0 Å². The Morgan fingerprint density at radius 2 is 1.83 bits per heavy atom. The average molecular weight is 345 g/mol. The van der Waals surface area contributed by atoms with Crippen molar-refractivity contribution in [3.8, 4) is 0 Å². The second-order valence-corrected chi connectivity index (χ2v) is 7.78. The lowest BCUT2D eigenvalue weighted by Gasteiger charge is -2.09. The van der Waals surface area contributed by atoms with E-state index in [0.29, 0.717) is 12.1 Å². The number of carbonyl (C=O) groups excluding carboxylic acids is 1. The Balaban J connectivity index is 1.95. The van der Waals surface area contributed by atoms with E-state index in [0.717, 1.165) is 12.8 Å². The van der Waals surface area contributed by atoms with Gasteiger partial charge in [0, 0.05) is 12.1 Å². The fourth-order valence-electron chi connectivity index (χ4n) is 2.58. The van der Waals surface area contributed by atoms with Crippen molar-refractivity contribution in [2.75, 3.05) is 6.54 Å². The van der Waals surface area contributed by atoms with Crippen LogP contribution >= 0.6 is 0 Å². The largest absolute Gasteiger partial charge is 0.295 e. The molecule has 2 aromatic carbocycles. The number of hydrogen-bond donors (Lipinski definition) is 1. The van der Waals surface area contributed by atoms with Crippen molar-refractivity contribution in [1.29, 1.82) is 0 Å². The molecule has 4 nitrogen and oxygen atoms in total. The van der Waals surface area contributed by atoms with Gasteiger partial charge in [-0.25, -0.2) is 13.1 Å². The fourth-order valence-corrected chi connectivity index (χ4v) is 3.70. The zero-order valence-electron chi connectivity index (χ0n) is 14.3.